The van der Waals surface area contributed by atoms with Crippen molar-refractivity contribution in [1.82, 2.24) is 10.3 Å². The van der Waals surface area contributed by atoms with Crippen molar-refractivity contribution in [3.63, 3.8) is 0 Å². The van der Waals surface area contributed by atoms with Crippen molar-refractivity contribution < 1.29 is 0 Å². The first-order valence-electron chi connectivity index (χ1n) is 7.12. The first kappa shape index (κ1) is 15.4. The summed E-state index contributed by atoms with van der Waals surface area (Å²) in [4.78, 5) is 2.64. The van der Waals surface area contributed by atoms with Crippen LogP contribution in [-0.2, 0) is 0 Å². The molecule has 19 heavy (non-hydrogen) atoms. The topological polar surface area (TPSA) is 41.3 Å². The molecule has 2 heterocycles. The van der Waals surface area contributed by atoms with Crippen molar-refractivity contribution in [3.05, 3.63) is 20.8 Å². The second-order valence-corrected chi connectivity index (χ2v) is 6.88. The molecule has 0 spiro atoms. The summed E-state index contributed by atoms with van der Waals surface area (Å²) < 4.78 is 1.17. The smallest absolute Gasteiger partial charge is 0.0662 e. The van der Waals surface area contributed by atoms with E-state index < -0.39 is 0 Å². The molecule has 1 unspecified atom stereocenters. The number of nitrogens with one attached hydrogen (secondary N) is 1. The van der Waals surface area contributed by atoms with E-state index in [1.807, 2.05) is 0 Å². The summed E-state index contributed by atoms with van der Waals surface area (Å²) in [6.45, 7) is 6.96. The molecule has 108 valence electrons. The Kier molecular flexibility index (Phi) is 5.43. The minimum absolute atomic E-state index is 0.120. The first-order chi connectivity index (χ1) is 9.19. The summed E-state index contributed by atoms with van der Waals surface area (Å²) >= 11 is 5.39. The molecule has 0 radical (unpaired) electrons. The zero-order valence-corrected chi connectivity index (χ0v) is 14.2. The number of nitrogens with zero attached hydrogens (tertiary/aromatic N) is 1. The van der Waals surface area contributed by atoms with Crippen LogP contribution in [0.1, 0.15) is 51.1 Å². The van der Waals surface area contributed by atoms with E-state index >= 15 is 0 Å². The average molecular weight is 346 g/mol. The van der Waals surface area contributed by atoms with Crippen LogP contribution in [0, 0.1) is 0 Å². The number of likely N-dealkylation sites (tertiary alicyclic amines) is 1. The average Bonchev–Trinajstić information content (AvgIpc) is 3.08. The van der Waals surface area contributed by atoms with Crippen LogP contribution in [0.3, 0.4) is 0 Å². The van der Waals surface area contributed by atoms with Crippen LogP contribution in [0.2, 0.25) is 0 Å². The fraction of sp³-hybridized carbons (Fsp3) is 0.714. The Morgan fingerprint density at radius 2 is 2.00 bits per heavy atom. The maximum absolute atomic E-state index is 5.94. The van der Waals surface area contributed by atoms with Crippen molar-refractivity contribution in [2.45, 2.75) is 51.1 Å². The van der Waals surface area contributed by atoms with E-state index in [4.69, 9.17) is 5.84 Å². The molecule has 0 saturated carbocycles. The Morgan fingerprint density at radius 3 is 2.42 bits per heavy atom. The van der Waals surface area contributed by atoms with Gasteiger partial charge >= 0.3 is 0 Å². The second-order valence-electron chi connectivity index (χ2n) is 5.28. The van der Waals surface area contributed by atoms with E-state index in [0.717, 1.165) is 12.8 Å². The molecular formula is C14H24BrN3S. The fourth-order valence-electron chi connectivity index (χ4n) is 3.48. The lowest BCUT2D eigenvalue weighted by Gasteiger charge is -2.46. The van der Waals surface area contributed by atoms with Gasteiger partial charge in [0.25, 0.3) is 0 Å². The summed E-state index contributed by atoms with van der Waals surface area (Å²) in [5, 5.41) is 4.35. The van der Waals surface area contributed by atoms with Crippen LogP contribution in [0.5, 0.6) is 0 Å². The molecule has 1 fully saturated rings. The summed E-state index contributed by atoms with van der Waals surface area (Å²) in [5.74, 6) is 5.94. The van der Waals surface area contributed by atoms with Crippen LogP contribution >= 0.6 is 27.3 Å². The van der Waals surface area contributed by atoms with Gasteiger partial charge in [-0.3, -0.25) is 16.2 Å². The molecule has 1 atom stereocenters. The molecule has 0 aromatic carbocycles. The molecule has 2 rings (SSSR count). The normalized spacial score (nSPS) is 18.9. The Balaban J connectivity index is 2.37. The lowest BCUT2D eigenvalue weighted by atomic mass is 9.80. The molecule has 0 bridgehead atoms. The van der Waals surface area contributed by atoms with Gasteiger partial charge in [-0.25, -0.2) is 0 Å². The van der Waals surface area contributed by atoms with Gasteiger partial charge in [-0.15, -0.1) is 0 Å². The molecular weight excluding hydrogens is 322 g/mol. The summed E-state index contributed by atoms with van der Waals surface area (Å²) in [7, 11) is 0. The number of thiophene rings is 1. The van der Waals surface area contributed by atoms with Crippen molar-refractivity contribution >= 4 is 27.3 Å². The summed E-state index contributed by atoms with van der Waals surface area (Å²) in [6, 6.07) is 0.182. The third kappa shape index (κ3) is 2.76. The second kappa shape index (κ2) is 6.68. The fourth-order valence-corrected chi connectivity index (χ4v) is 5.03. The Hall–Kier alpha value is 0.0600. The van der Waals surface area contributed by atoms with E-state index in [1.54, 1.807) is 11.3 Å². The van der Waals surface area contributed by atoms with Gasteiger partial charge in [0.05, 0.1) is 6.04 Å². The molecule has 0 amide bonds. The van der Waals surface area contributed by atoms with Crippen LogP contribution in [0.4, 0.5) is 0 Å². The van der Waals surface area contributed by atoms with E-state index in [1.165, 1.54) is 36.0 Å². The van der Waals surface area contributed by atoms with Gasteiger partial charge in [-0.1, -0.05) is 13.8 Å². The van der Waals surface area contributed by atoms with Gasteiger partial charge in [0.15, 0.2) is 0 Å². The predicted octanol–water partition coefficient (Wildman–Crippen LogP) is 3.67. The number of nitrogens with two attached hydrogens (primary N) is 1. The molecule has 1 aliphatic heterocycles. The SMILES string of the molecule is CCC(CC)(C(NN)c1cscc1Br)N1CCCC1. The molecule has 5 heteroatoms. The van der Waals surface area contributed by atoms with Crippen molar-refractivity contribution in [1.29, 1.82) is 0 Å². The summed E-state index contributed by atoms with van der Waals surface area (Å²) in [6.07, 6.45) is 4.84. The lowest BCUT2D eigenvalue weighted by Crippen LogP contribution is -2.56. The van der Waals surface area contributed by atoms with Crippen molar-refractivity contribution in [3.8, 4) is 0 Å². The van der Waals surface area contributed by atoms with E-state index in [2.05, 4.69) is 50.9 Å². The zero-order valence-electron chi connectivity index (χ0n) is 11.8. The van der Waals surface area contributed by atoms with Crippen LogP contribution in [-0.4, -0.2) is 23.5 Å². The molecule has 0 aliphatic carbocycles. The standard InChI is InChI=1S/C14H24BrN3S/c1-3-14(4-2,18-7-5-6-8-18)13(17-16)11-9-19-10-12(11)15/h9-10,13,17H,3-8,16H2,1-2H3. The monoisotopic (exact) mass is 345 g/mol. The predicted molar refractivity (Wildman–Crippen MR) is 86.2 cm³/mol. The van der Waals surface area contributed by atoms with Crippen molar-refractivity contribution in [2.75, 3.05) is 13.1 Å². The number of hydrazine groups is 1. The molecule has 1 aliphatic rings. The van der Waals surface area contributed by atoms with Gasteiger partial charge in [0.2, 0.25) is 0 Å². The molecule has 3 nitrogen and oxygen atoms in total. The van der Waals surface area contributed by atoms with E-state index in [9.17, 15) is 0 Å². The molecule has 1 aromatic rings. The Bertz CT molecular complexity index is 397. The summed E-state index contributed by atoms with van der Waals surface area (Å²) in [5.41, 5.74) is 4.51. The number of rotatable bonds is 6. The lowest BCUT2D eigenvalue weighted by molar-refractivity contribution is 0.0616. The molecule has 1 saturated heterocycles. The quantitative estimate of drug-likeness (QED) is 0.610. The first-order valence-corrected chi connectivity index (χ1v) is 8.86. The van der Waals surface area contributed by atoms with Crippen LogP contribution in [0.15, 0.2) is 15.2 Å². The van der Waals surface area contributed by atoms with Crippen molar-refractivity contribution in [2.24, 2.45) is 5.84 Å². The third-order valence-corrected chi connectivity index (χ3v) is 6.37. The molecule has 3 N–H and O–H groups in total. The van der Waals surface area contributed by atoms with Gasteiger partial charge in [0.1, 0.15) is 0 Å². The zero-order chi connectivity index (χ0) is 13.9. The minimum Gasteiger partial charge on any atom is -0.296 e. The number of hydrogen-bond donors (Lipinski definition) is 2. The Labute approximate surface area is 128 Å². The van der Waals surface area contributed by atoms with Gasteiger partial charge in [-0.05, 0) is 65.6 Å². The Morgan fingerprint density at radius 1 is 1.37 bits per heavy atom. The van der Waals surface area contributed by atoms with E-state index in [-0.39, 0.29) is 11.6 Å². The maximum atomic E-state index is 5.94. The van der Waals surface area contributed by atoms with Crippen LogP contribution < -0.4 is 11.3 Å². The van der Waals surface area contributed by atoms with Crippen LogP contribution in [0.25, 0.3) is 0 Å². The van der Waals surface area contributed by atoms with E-state index in [0.29, 0.717) is 0 Å². The third-order valence-electron chi connectivity index (χ3n) is 4.62. The minimum atomic E-state index is 0.120. The maximum Gasteiger partial charge on any atom is 0.0662 e. The highest BCUT2D eigenvalue weighted by Crippen LogP contribution is 2.42. The number of hydrogen-bond acceptors (Lipinski definition) is 4. The van der Waals surface area contributed by atoms with Gasteiger partial charge in [-0.2, -0.15) is 11.3 Å². The highest BCUT2D eigenvalue weighted by atomic mass is 79.9. The largest absolute Gasteiger partial charge is 0.296 e. The highest BCUT2D eigenvalue weighted by Gasteiger charge is 2.43. The number of halogens is 1. The van der Waals surface area contributed by atoms with Gasteiger partial charge in [0, 0.05) is 15.4 Å². The highest BCUT2D eigenvalue weighted by molar-refractivity contribution is 9.10. The molecule has 1 aromatic heterocycles. The van der Waals surface area contributed by atoms with Gasteiger partial charge < -0.3 is 0 Å².